The number of fused-ring (bicyclic) bond motifs is 3. The van der Waals surface area contributed by atoms with Gasteiger partial charge in [0.25, 0.3) is 5.91 Å². The Kier molecular flexibility index (Phi) is 4.91. The van der Waals surface area contributed by atoms with E-state index in [1.54, 1.807) is 12.1 Å². The van der Waals surface area contributed by atoms with Crippen molar-refractivity contribution in [3.63, 3.8) is 0 Å². The molecule has 6 rings (SSSR count). The first-order valence-corrected chi connectivity index (χ1v) is 11.1. The molecule has 2 unspecified atom stereocenters. The van der Waals surface area contributed by atoms with Crippen LogP contribution >= 0.6 is 0 Å². The van der Waals surface area contributed by atoms with E-state index >= 15 is 0 Å². The number of carbonyl (C=O) groups excluding carboxylic acids is 1. The van der Waals surface area contributed by atoms with Gasteiger partial charge in [-0.05, 0) is 43.8 Å². The average molecular weight is 462 g/mol. The maximum Gasteiger partial charge on any atom is 0.263 e. The van der Waals surface area contributed by atoms with E-state index in [-0.39, 0.29) is 30.1 Å². The highest BCUT2D eigenvalue weighted by Gasteiger charge is 2.41. The molecular formula is C23H23FN8O2. The van der Waals surface area contributed by atoms with Crippen molar-refractivity contribution in [3.8, 4) is 5.75 Å². The Hall–Kier alpha value is -3.99. The number of halogens is 1. The third-order valence-corrected chi connectivity index (χ3v) is 6.41. The van der Waals surface area contributed by atoms with Crippen molar-refractivity contribution >= 4 is 40.7 Å². The minimum Gasteiger partial charge on any atom is -0.480 e. The number of carbonyl (C=O) groups is 1. The van der Waals surface area contributed by atoms with E-state index in [0.29, 0.717) is 23.7 Å². The molecule has 2 fully saturated rings. The predicted molar refractivity (Wildman–Crippen MR) is 126 cm³/mol. The zero-order valence-corrected chi connectivity index (χ0v) is 18.5. The van der Waals surface area contributed by atoms with Crippen LogP contribution in [0.25, 0.3) is 0 Å². The number of rotatable bonds is 5. The molecule has 2 bridgehead atoms. The van der Waals surface area contributed by atoms with E-state index in [0.717, 1.165) is 30.7 Å². The Balaban J connectivity index is 1.19. The summed E-state index contributed by atoms with van der Waals surface area (Å²) in [6.45, 7) is 2.03. The van der Waals surface area contributed by atoms with Crippen LogP contribution in [0.3, 0.4) is 0 Å². The minimum absolute atomic E-state index is 0.0379. The van der Waals surface area contributed by atoms with Crippen LogP contribution in [-0.2, 0) is 4.79 Å². The van der Waals surface area contributed by atoms with E-state index < -0.39 is 5.82 Å². The summed E-state index contributed by atoms with van der Waals surface area (Å²) in [6, 6.07) is 12.5. The van der Waals surface area contributed by atoms with Gasteiger partial charge in [-0.25, -0.2) is 14.4 Å². The zero-order chi connectivity index (χ0) is 23.2. The monoisotopic (exact) mass is 462 g/mol. The number of likely N-dealkylation sites (tertiary alicyclic amines) is 1. The normalized spacial score (nSPS) is 21.1. The smallest absolute Gasteiger partial charge is 0.263 e. The minimum atomic E-state index is -0.628. The van der Waals surface area contributed by atoms with Crippen LogP contribution < -0.4 is 25.6 Å². The second kappa shape index (κ2) is 8.10. The lowest BCUT2D eigenvalue weighted by Crippen LogP contribution is -2.44. The van der Waals surface area contributed by atoms with Crippen molar-refractivity contribution in [2.75, 3.05) is 47.6 Å². The molecular weight excluding hydrogens is 439 g/mol. The molecule has 0 aliphatic carbocycles. The van der Waals surface area contributed by atoms with Crippen molar-refractivity contribution < 1.29 is 13.9 Å². The largest absolute Gasteiger partial charge is 0.480 e. The molecule has 5 heterocycles. The van der Waals surface area contributed by atoms with Crippen LogP contribution in [-0.4, -0.2) is 64.6 Å². The van der Waals surface area contributed by atoms with Crippen LogP contribution in [0, 0.1) is 5.82 Å². The van der Waals surface area contributed by atoms with Crippen LogP contribution in [0.4, 0.5) is 39.2 Å². The van der Waals surface area contributed by atoms with Crippen molar-refractivity contribution in [2.24, 2.45) is 0 Å². The number of aromatic nitrogens is 3. The summed E-state index contributed by atoms with van der Waals surface area (Å²) in [6.07, 6.45) is 2.29. The molecule has 11 heteroatoms. The van der Waals surface area contributed by atoms with Gasteiger partial charge < -0.3 is 25.6 Å². The summed E-state index contributed by atoms with van der Waals surface area (Å²) in [5.74, 6) is 0.316. The molecule has 34 heavy (non-hydrogen) atoms. The molecule has 10 nitrogen and oxygen atoms in total. The first-order valence-electron chi connectivity index (χ1n) is 11.1. The number of likely N-dealkylation sites (N-methyl/N-ethyl adjacent to an activating group) is 1. The number of nitrogens with zero attached hydrogens (tertiary/aromatic N) is 5. The Morgan fingerprint density at radius 3 is 2.88 bits per heavy atom. The summed E-state index contributed by atoms with van der Waals surface area (Å²) >= 11 is 0. The van der Waals surface area contributed by atoms with Gasteiger partial charge in [0.15, 0.2) is 29.8 Å². The maximum absolute atomic E-state index is 14.4. The molecule has 2 atom stereocenters. The molecule has 1 aromatic carbocycles. The first kappa shape index (κ1) is 20.6. The van der Waals surface area contributed by atoms with Gasteiger partial charge in [-0.1, -0.05) is 6.07 Å². The first-order chi connectivity index (χ1) is 16.5. The SMILES string of the molecule is CN1CC2CC1CN2c1cccc(Nc2ncc(F)c(Nc3ccc4c(n3)NC(=O)CO4)n2)c1. The summed E-state index contributed by atoms with van der Waals surface area (Å²) in [7, 11) is 2.18. The van der Waals surface area contributed by atoms with E-state index in [4.69, 9.17) is 4.74 Å². The number of pyridine rings is 1. The molecule has 1 amide bonds. The molecule has 3 N–H and O–H groups in total. The molecule has 0 radical (unpaired) electrons. The van der Waals surface area contributed by atoms with E-state index in [1.165, 1.54) is 6.42 Å². The molecule has 3 aromatic rings. The van der Waals surface area contributed by atoms with Gasteiger partial charge in [-0.15, -0.1) is 0 Å². The highest BCUT2D eigenvalue weighted by molar-refractivity contribution is 5.94. The van der Waals surface area contributed by atoms with Gasteiger partial charge in [-0.2, -0.15) is 4.98 Å². The number of amides is 1. The van der Waals surface area contributed by atoms with Gasteiger partial charge in [0.05, 0.1) is 6.20 Å². The molecule has 2 saturated heterocycles. The third kappa shape index (κ3) is 3.83. The fourth-order valence-electron chi connectivity index (χ4n) is 4.74. The lowest BCUT2D eigenvalue weighted by molar-refractivity contribution is -0.118. The number of hydrogen-bond acceptors (Lipinski definition) is 9. The van der Waals surface area contributed by atoms with Crippen LogP contribution in [0.15, 0.2) is 42.6 Å². The Morgan fingerprint density at radius 1 is 1.15 bits per heavy atom. The Morgan fingerprint density at radius 2 is 2.06 bits per heavy atom. The van der Waals surface area contributed by atoms with Crippen LogP contribution in [0.1, 0.15) is 6.42 Å². The number of nitrogens with one attached hydrogen (secondary N) is 3. The third-order valence-electron chi connectivity index (χ3n) is 6.41. The fourth-order valence-corrected chi connectivity index (χ4v) is 4.74. The predicted octanol–water partition coefficient (Wildman–Crippen LogP) is 2.72. The maximum atomic E-state index is 14.4. The Bertz CT molecular complexity index is 1270. The summed E-state index contributed by atoms with van der Waals surface area (Å²) < 4.78 is 19.7. The van der Waals surface area contributed by atoms with E-state index in [2.05, 4.69) is 59.9 Å². The summed E-state index contributed by atoms with van der Waals surface area (Å²) in [5.41, 5.74) is 1.96. The highest BCUT2D eigenvalue weighted by Crippen LogP contribution is 2.35. The highest BCUT2D eigenvalue weighted by atomic mass is 19.1. The standard InChI is InChI=1S/C23H23FN8O2/c1-31-10-16-8-15(31)11-32(16)14-4-2-3-13(7-14)26-23-25-9-17(24)21(30-23)27-19-6-5-18-22(28-19)29-20(33)12-34-18/h2-7,9,15-16H,8,10-12H2,1H3,(H3,25,26,27,28,29,30,33). The summed E-state index contributed by atoms with van der Waals surface area (Å²) in [4.78, 5) is 29.0. The van der Waals surface area contributed by atoms with Gasteiger partial charge >= 0.3 is 0 Å². The number of benzene rings is 1. The second-order valence-electron chi connectivity index (χ2n) is 8.71. The number of piperazine rings is 1. The number of anilines is 6. The molecule has 0 saturated carbocycles. The lowest BCUT2D eigenvalue weighted by atomic mass is 10.2. The zero-order valence-electron chi connectivity index (χ0n) is 18.5. The average Bonchev–Trinajstić information content (AvgIpc) is 3.41. The molecule has 0 spiro atoms. The number of hydrogen-bond donors (Lipinski definition) is 3. The quantitative estimate of drug-likeness (QED) is 0.527. The molecule has 3 aliphatic rings. The van der Waals surface area contributed by atoms with Gasteiger partial charge in [-0.3, -0.25) is 9.69 Å². The van der Waals surface area contributed by atoms with Crippen LogP contribution in [0.2, 0.25) is 0 Å². The van der Waals surface area contributed by atoms with E-state index in [1.807, 2.05) is 12.1 Å². The van der Waals surface area contributed by atoms with Crippen molar-refractivity contribution in [1.29, 1.82) is 0 Å². The molecule has 2 aromatic heterocycles. The van der Waals surface area contributed by atoms with Gasteiger partial charge in [0.2, 0.25) is 5.95 Å². The topological polar surface area (TPSA) is 108 Å². The lowest BCUT2D eigenvalue weighted by Gasteiger charge is -2.33. The Labute approximate surface area is 195 Å². The fraction of sp³-hybridized carbons (Fsp3) is 0.304. The summed E-state index contributed by atoms with van der Waals surface area (Å²) in [5, 5.41) is 8.64. The molecule has 174 valence electrons. The second-order valence-corrected chi connectivity index (χ2v) is 8.71. The van der Waals surface area contributed by atoms with Crippen LogP contribution in [0.5, 0.6) is 5.75 Å². The van der Waals surface area contributed by atoms with E-state index in [9.17, 15) is 9.18 Å². The van der Waals surface area contributed by atoms with Crippen molar-refractivity contribution in [2.45, 2.75) is 18.5 Å². The number of ether oxygens (including phenoxy) is 1. The van der Waals surface area contributed by atoms with Gasteiger partial charge in [0.1, 0.15) is 5.82 Å². The van der Waals surface area contributed by atoms with Gasteiger partial charge in [0, 0.05) is 36.5 Å². The van der Waals surface area contributed by atoms with Crippen molar-refractivity contribution in [1.82, 2.24) is 19.9 Å². The van der Waals surface area contributed by atoms with Crippen molar-refractivity contribution in [3.05, 3.63) is 48.4 Å². The molecule has 3 aliphatic heterocycles.